The number of halogens is 1. The molecule has 90 valence electrons. The van der Waals surface area contributed by atoms with Crippen LogP contribution in [-0.2, 0) is 13.6 Å². The molecule has 0 spiro atoms. The van der Waals surface area contributed by atoms with Gasteiger partial charge in [-0.1, -0.05) is 22.9 Å². The fourth-order valence-corrected chi connectivity index (χ4v) is 2.24. The summed E-state index contributed by atoms with van der Waals surface area (Å²) in [7, 11) is 1.58. The zero-order valence-electron chi connectivity index (χ0n) is 9.65. The first-order valence-electron chi connectivity index (χ1n) is 5.38. The smallest absolute Gasteiger partial charge is 0.312 e. The van der Waals surface area contributed by atoms with E-state index in [0.717, 1.165) is 18.2 Å². The monoisotopic (exact) mass is 288 g/mol. The summed E-state index contributed by atoms with van der Waals surface area (Å²) >= 11 is 3.39. The van der Waals surface area contributed by atoms with Crippen molar-refractivity contribution in [2.45, 2.75) is 26.3 Å². The molecule has 0 saturated heterocycles. The molecule has 0 fully saturated rings. The highest BCUT2D eigenvalue weighted by Gasteiger charge is 2.05. The van der Waals surface area contributed by atoms with Crippen molar-refractivity contribution in [3.8, 4) is 0 Å². The molecule has 4 nitrogen and oxygen atoms in total. The molecule has 1 aromatic heterocycles. The molecule has 0 N–H and O–H groups in total. The Morgan fingerprint density at radius 2 is 1.94 bits per heavy atom. The summed E-state index contributed by atoms with van der Waals surface area (Å²) in [6.45, 7) is 2.76. The van der Waals surface area contributed by atoms with Crippen molar-refractivity contribution in [2.24, 2.45) is 13.0 Å². The molecule has 0 radical (unpaired) electrons. The Labute approximate surface area is 103 Å². The molecule has 1 unspecified atom stereocenters. The third kappa shape index (κ3) is 3.33. The zero-order valence-corrected chi connectivity index (χ0v) is 11.2. The molecular weight excluding hydrogens is 272 g/mol. The van der Waals surface area contributed by atoms with E-state index < -0.39 is 11.1 Å². The van der Waals surface area contributed by atoms with Crippen molar-refractivity contribution >= 4 is 15.9 Å². The van der Waals surface area contributed by atoms with Gasteiger partial charge >= 0.3 is 11.1 Å². The molecule has 0 saturated carbocycles. The quantitative estimate of drug-likeness (QED) is 0.607. The summed E-state index contributed by atoms with van der Waals surface area (Å²) in [5, 5.41) is 0.972. The second-order valence-corrected chi connectivity index (χ2v) is 4.88. The minimum Gasteiger partial charge on any atom is -0.312 e. The fraction of sp³-hybridized carbons (Fsp3) is 0.636. The van der Waals surface area contributed by atoms with E-state index in [4.69, 9.17) is 0 Å². The molecule has 16 heavy (non-hydrogen) atoms. The number of hydrogen-bond donors (Lipinski definition) is 0. The summed E-state index contributed by atoms with van der Waals surface area (Å²) in [6.07, 6.45) is 5.29. The molecule has 0 aliphatic rings. The van der Waals surface area contributed by atoms with Gasteiger partial charge < -0.3 is 9.13 Å². The van der Waals surface area contributed by atoms with Crippen molar-refractivity contribution in [1.29, 1.82) is 0 Å². The molecule has 1 aromatic rings. The molecule has 5 heteroatoms. The summed E-state index contributed by atoms with van der Waals surface area (Å²) in [4.78, 5) is 23.0. The Bertz CT molecular complexity index is 450. The van der Waals surface area contributed by atoms with Crippen LogP contribution in [0, 0.1) is 5.92 Å². The maximum absolute atomic E-state index is 11.6. The van der Waals surface area contributed by atoms with Crippen molar-refractivity contribution in [3.63, 3.8) is 0 Å². The van der Waals surface area contributed by atoms with Gasteiger partial charge in [-0.2, -0.15) is 0 Å². The Morgan fingerprint density at radius 1 is 1.25 bits per heavy atom. The molecular formula is C11H17BrN2O2. The highest BCUT2D eigenvalue weighted by molar-refractivity contribution is 9.09. The lowest BCUT2D eigenvalue weighted by molar-refractivity contribution is 0.462. The standard InChI is InChI=1S/C11H17BrN2O2/c1-9(3-5-12)4-6-14-8-7-13(2)10(15)11(14)16/h7-9H,3-6H2,1-2H3. The SMILES string of the molecule is CC(CCBr)CCn1ccn(C)c(=O)c1=O. The first-order valence-corrected chi connectivity index (χ1v) is 6.50. The first-order chi connectivity index (χ1) is 7.56. The number of nitrogens with zero attached hydrogens (tertiary/aromatic N) is 2. The van der Waals surface area contributed by atoms with Gasteiger partial charge in [-0.15, -0.1) is 0 Å². The summed E-state index contributed by atoms with van der Waals surface area (Å²) in [6, 6.07) is 0. The van der Waals surface area contributed by atoms with Crippen LogP contribution in [0.2, 0.25) is 0 Å². The van der Waals surface area contributed by atoms with E-state index in [1.165, 1.54) is 9.13 Å². The van der Waals surface area contributed by atoms with Gasteiger partial charge in [0, 0.05) is 31.3 Å². The van der Waals surface area contributed by atoms with Gasteiger partial charge in [0.15, 0.2) is 0 Å². The predicted molar refractivity (Wildman–Crippen MR) is 68.1 cm³/mol. The summed E-state index contributed by atoms with van der Waals surface area (Å²) < 4.78 is 2.80. The van der Waals surface area contributed by atoms with Crippen LogP contribution < -0.4 is 11.1 Å². The highest BCUT2D eigenvalue weighted by atomic mass is 79.9. The molecule has 0 aliphatic heterocycles. The third-order valence-electron chi connectivity index (χ3n) is 2.70. The van der Waals surface area contributed by atoms with E-state index in [0.29, 0.717) is 12.5 Å². The Hall–Kier alpha value is -0.840. The highest BCUT2D eigenvalue weighted by Crippen LogP contribution is 2.09. The zero-order chi connectivity index (χ0) is 12.1. The minimum atomic E-state index is -0.462. The first kappa shape index (κ1) is 13.2. The minimum absolute atomic E-state index is 0.434. The van der Waals surface area contributed by atoms with E-state index in [1.54, 1.807) is 19.4 Å². The average Bonchev–Trinajstić information content (AvgIpc) is 2.25. The number of alkyl halides is 1. The van der Waals surface area contributed by atoms with Crippen molar-refractivity contribution < 1.29 is 0 Å². The third-order valence-corrected chi connectivity index (χ3v) is 3.16. The molecule has 1 heterocycles. The Kier molecular flexibility index (Phi) is 4.99. The van der Waals surface area contributed by atoms with Gasteiger partial charge in [0.25, 0.3) is 0 Å². The lowest BCUT2D eigenvalue weighted by Crippen LogP contribution is -2.39. The maximum Gasteiger partial charge on any atom is 0.316 e. The van der Waals surface area contributed by atoms with Crippen molar-refractivity contribution in [1.82, 2.24) is 9.13 Å². The lowest BCUT2D eigenvalue weighted by atomic mass is 10.1. The van der Waals surface area contributed by atoms with Gasteiger partial charge in [-0.05, 0) is 18.8 Å². The lowest BCUT2D eigenvalue weighted by Gasteiger charge is -2.10. The molecule has 0 aromatic carbocycles. The number of aryl methyl sites for hydroxylation is 2. The predicted octanol–water partition coefficient (Wildman–Crippen LogP) is 1.36. The Morgan fingerprint density at radius 3 is 2.56 bits per heavy atom. The van der Waals surface area contributed by atoms with E-state index in [9.17, 15) is 9.59 Å². The second-order valence-electron chi connectivity index (χ2n) is 4.08. The molecule has 0 aliphatic carbocycles. The van der Waals surface area contributed by atoms with Crippen molar-refractivity contribution in [2.75, 3.05) is 5.33 Å². The van der Waals surface area contributed by atoms with Gasteiger partial charge in [-0.3, -0.25) is 9.59 Å². The molecule has 0 bridgehead atoms. The fourth-order valence-electron chi connectivity index (χ4n) is 1.46. The van der Waals surface area contributed by atoms with Crippen LogP contribution in [0.25, 0.3) is 0 Å². The van der Waals surface area contributed by atoms with Crippen molar-refractivity contribution in [3.05, 3.63) is 33.1 Å². The van der Waals surface area contributed by atoms with Crippen LogP contribution in [0.5, 0.6) is 0 Å². The number of hydrogen-bond acceptors (Lipinski definition) is 2. The summed E-state index contributed by atoms with van der Waals surface area (Å²) in [5.41, 5.74) is -0.897. The van der Waals surface area contributed by atoms with E-state index >= 15 is 0 Å². The van der Waals surface area contributed by atoms with Gasteiger partial charge in [0.05, 0.1) is 0 Å². The normalized spacial score (nSPS) is 12.7. The second kappa shape index (κ2) is 6.03. The van der Waals surface area contributed by atoms with E-state index in [2.05, 4.69) is 22.9 Å². The van der Waals surface area contributed by atoms with Crippen LogP contribution in [0.4, 0.5) is 0 Å². The van der Waals surface area contributed by atoms with Crippen LogP contribution in [0.3, 0.4) is 0 Å². The topological polar surface area (TPSA) is 44.0 Å². The van der Waals surface area contributed by atoms with Crippen LogP contribution in [-0.4, -0.2) is 14.5 Å². The molecule has 1 rings (SSSR count). The number of rotatable bonds is 5. The van der Waals surface area contributed by atoms with Gasteiger partial charge in [0.1, 0.15) is 0 Å². The molecule has 1 atom stereocenters. The van der Waals surface area contributed by atoms with E-state index in [-0.39, 0.29) is 0 Å². The maximum atomic E-state index is 11.6. The summed E-state index contributed by atoms with van der Waals surface area (Å²) in [5.74, 6) is 0.551. The molecule has 0 amide bonds. The van der Waals surface area contributed by atoms with Gasteiger partial charge in [0.2, 0.25) is 0 Å². The average molecular weight is 289 g/mol. The van der Waals surface area contributed by atoms with Gasteiger partial charge in [-0.25, -0.2) is 0 Å². The van der Waals surface area contributed by atoms with Crippen LogP contribution in [0.1, 0.15) is 19.8 Å². The largest absolute Gasteiger partial charge is 0.316 e. The number of aromatic nitrogens is 2. The Balaban J connectivity index is 2.72. The van der Waals surface area contributed by atoms with E-state index in [1.807, 2.05) is 0 Å². The van der Waals surface area contributed by atoms with Crippen LogP contribution >= 0.6 is 15.9 Å². The van der Waals surface area contributed by atoms with Crippen LogP contribution in [0.15, 0.2) is 22.0 Å².